The molecule has 0 unspecified atom stereocenters. The molecular weight excluding hydrogens is 481 g/mol. The molecule has 5 rings (SSSR count). The molecule has 2 aromatic rings. The number of morpholine rings is 1. The van der Waals surface area contributed by atoms with Gasteiger partial charge in [0.15, 0.2) is 0 Å². The zero-order chi connectivity index (χ0) is 22.8. The van der Waals surface area contributed by atoms with E-state index in [1.165, 1.54) is 4.68 Å². The molecule has 1 fully saturated rings. The van der Waals surface area contributed by atoms with Crippen molar-refractivity contribution in [1.82, 2.24) is 14.7 Å². The van der Waals surface area contributed by atoms with Crippen LogP contribution in [0.25, 0.3) is 27.9 Å². The van der Waals surface area contributed by atoms with Crippen LogP contribution in [0.5, 0.6) is 0 Å². The number of para-hydroxylation sites is 1. The summed E-state index contributed by atoms with van der Waals surface area (Å²) in [5.41, 5.74) is 1.50. The third-order valence-electron chi connectivity index (χ3n) is 5.65. The van der Waals surface area contributed by atoms with E-state index in [2.05, 4.69) is 10.00 Å². The Morgan fingerprint density at radius 3 is 2.59 bits per heavy atom. The Kier molecular flexibility index (Phi) is 7.53. The summed E-state index contributed by atoms with van der Waals surface area (Å²) in [6.07, 6.45) is -0.161. The molecule has 1 saturated heterocycles. The lowest BCUT2D eigenvalue weighted by Gasteiger charge is -2.26. The third kappa shape index (κ3) is 4.95. The SMILES string of the molecule is Cl.O=C(Cc1oc2ccccc2c2nn(-c3ccc(Cl)cc3)c(=O)c1-2)OCCN1CCOCC1. The zero-order valence-corrected chi connectivity index (χ0v) is 19.8. The number of halogens is 2. The van der Waals surface area contributed by atoms with Gasteiger partial charge < -0.3 is 13.9 Å². The number of aromatic nitrogens is 2. The van der Waals surface area contributed by atoms with Crippen LogP contribution in [0.15, 0.2) is 57.7 Å². The Hall–Kier alpha value is -2.91. The predicted molar refractivity (Wildman–Crippen MR) is 130 cm³/mol. The minimum Gasteiger partial charge on any atom is -0.464 e. The maximum absolute atomic E-state index is 13.3. The number of esters is 1. The van der Waals surface area contributed by atoms with Gasteiger partial charge in [-0.05, 0) is 36.4 Å². The predicted octanol–water partition coefficient (Wildman–Crippen LogP) is 3.58. The molecule has 0 bridgehead atoms. The van der Waals surface area contributed by atoms with E-state index in [-0.39, 0.29) is 42.3 Å². The maximum atomic E-state index is 13.3. The van der Waals surface area contributed by atoms with Crippen molar-refractivity contribution in [2.24, 2.45) is 0 Å². The Labute approximate surface area is 206 Å². The smallest absolute Gasteiger partial charge is 0.313 e. The summed E-state index contributed by atoms with van der Waals surface area (Å²) in [4.78, 5) is 28.1. The molecule has 2 aromatic carbocycles. The van der Waals surface area contributed by atoms with Crippen LogP contribution in [0.2, 0.25) is 5.02 Å². The summed E-state index contributed by atoms with van der Waals surface area (Å²) in [5.74, 6) is -0.215. The fourth-order valence-electron chi connectivity index (χ4n) is 3.95. The third-order valence-corrected chi connectivity index (χ3v) is 5.90. The summed E-state index contributed by atoms with van der Waals surface area (Å²) >= 11 is 5.99. The minimum absolute atomic E-state index is 0. The molecule has 0 aliphatic carbocycles. The summed E-state index contributed by atoms with van der Waals surface area (Å²) < 4.78 is 18.0. The molecule has 10 heteroatoms. The van der Waals surface area contributed by atoms with E-state index in [1.54, 1.807) is 30.3 Å². The molecule has 0 atom stereocenters. The maximum Gasteiger partial charge on any atom is 0.313 e. The monoisotopic (exact) mass is 503 g/mol. The van der Waals surface area contributed by atoms with E-state index in [1.807, 2.05) is 18.2 Å². The van der Waals surface area contributed by atoms with Gasteiger partial charge >= 0.3 is 5.97 Å². The first-order valence-electron chi connectivity index (χ1n) is 10.8. The lowest BCUT2D eigenvalue weighted by Crippen LogP contribution is -2.38. The Morgan fingerprint density at radius 2 is 1.82 bits per heavy atom. The number of hydrogen-bond acceptors (Lipinski definition) is 7. The average Bonchev–Trinajstić information content (AvgIpc) is 3.18. The second-order valence-corrected chi connectivity index (χ2v) is 8.23. The van der Waals surface area contributed by atoms with Gasteiger partial charge in [-0.3, -0.25) is 14.5 Å². The summed E-state index contributed by atoms with van der Waals surface area (Å²) in [7, 11) is 0. The van der Waals surface area contributed by atoms with Crippen LogP contribution in [-0.4, -0.2) is 60.1 Å². The summed E-state index contributed by atoms with van der Waals surface area (Å²) in [5, 5.41) is 5.82. The van der Waals surface area contributed by atoms with Crippen LogP contribution < -0.4 is 5.56 Å². The van der Waals surface area contributed by atoms with Crippen molar-refractivity contribution in [3.63, 3.8) is 0 Å². The second kappa shape index (κ2) is 10.6. The Bertz CT molecular complexity index is 1310. The fourth-order valence-corrected chi connectivity index (χ4v) is 4.08. The molecule has 0 amide bonds. The van der Waals surface area contributed by atoms with Gasteiger partial charge in [0.1, 0.15) is 35.6 Å². The molecule has 0 saturated carbocycles. The molecule has 0 N–H and O–H groups in total. The van der Waals surface area contributed by atoms with E-state index >= 15 is 0 Å². The number of ether oxygens (including phenoxy) is 2. The highest BCUT2D eigenvalue weighted by atomic mass is 35.5. The van der Waals surface area contributed by atoms with Gasteiger partial charge in [-0.25, -0.2) is 0 Å². The number of rotatable bonds is 6. The molecule has 3 aliphatic heterocycles. The first-order valence-corrected chi connectivity index (χ1v) is 11.1. The molecular formula is C24H23Cl2N3O5. The Balaban J connectivity index is 0.00000274. The number of nitrogens with zero attached hydrogens (tertiary/aromatic N) is 3. The summed E-state index contributed by atoms with van der Waals surface area (Å²) in [6, 6.07) is 14.1. The van der Waals surface area contributed by atoms with Crippen LogP contribution in [-0.2, 0) is 20.7 Å². The van der Waals surface area contributed by atoms with Crippen molar-refractivity contribution in [2.75, 3.05) is 39.5 Å². The fraction of sp³-hybridized carbons (Fsp3) is 0.292. The van der Waals surface area contributed by atoms with Gasteiger partial charge in [-0.1, -0.05) is 23.7 Å². The average molecular weight is 504 g/mol. The van der Waals surface area contributed by atoms with Crippen molar-refractivity contribution in [3.05, 3.63) is 69.7 Å². The van der Waals surface area contributed by atoms with E-state index in [9.17, 15) is 9.59 Å². The molecule has 178 valence electrons. The van der Waals surface area contributed by atoms with Crippen molar-refractivity contribution in [3.8, 4) is 16.9 Å². The molecule has 34 heavy (non-hydrogen) atoms. The van der Waals surface area contributed by atoms with Crippen molar-refractivity contribution in [2.45, 2.75) is 6.42 Å². The number of carbonyl (C=O) groups excluding carboxylic acids is 1. The molecule has 3 aliphatic rings. The lowest BCUT2D eigenvalue weighted by atomic mass is 10.1. The number of benzene rings is 2. The number of fused-ring (bicyclic) bond motifs is 3. The quantitative estimate of drug-likeness (QED) is 0.371. The molecule has 0 radical (unpaired) electrons. The van der Waals surface area contributed by atoms with Gasteiger partial charge in [0.05, 0.1) is 18.9 Å². The van der Waals surface area contributed by atoms with Crippen LogP contribution >= 0.6 is 24.0 Å². The van der Waals surface area contributed by atoms with Crippen LogP contribution in [0.4, 0.5) is 0 Å². The number of hydrogen-bond donors (Lipinski definition) is 0. The lowest BCUT2D eigenvalue weighted by molar-refractivity contribution is -0.143. The van der Waals surface area contributed by atoms with E-state index in [4.69, 9.17) is 25.5 Å². The normalized spacial score (nSPS) is 14.3. The molecule has 3 heterocycles. The van der Waals surface area contributed by atoms with Gasteiger partial charge in [0.25, 0.3) is 5.56 Å². The largest absolute Gasteiger partial charge is 0.464 e. The van der Waals surface area contributed by atoms with Crippen LogP contribution in [0.3, 0.4) is 0 Å². The van der Waals surface area contributed by atoms with Crippen molar-refractivity contribution >= 4 is 40.9 Å². The molecule has 0 aromatic heterocycles. The highest BCUT2D eigenvalue weighted by Crippen LogP contribution is 2.32. The first-order chi connectivity index (χ1) is 16.1. The topological polar surface area (TPSA) is 86.8 Å². The highest BCUT2D eigenvalue weighted by molar-refractivity contribution is 6.30. The minimum atomic E-state index is -0.456. The van der Waals surface area contributed by atoms with Gasteiger partial charge in [-0.2, -0.15) is 9.78 Å². The molecule has 0 spiro atoms. The molecule has 8 nitrogen and oxygen atoms in total. The van der Waals surface area contributed by atoms with Gasteiger partial charge in [-0.15, -0.1) is 12.4 Å². The van der Waals surface area contributed by atoms with E-state index in [0.29, 0.717) is 47.1 Å². The first kappa shape index (κ1) is 24.2. The Morgan fingerprint density at radius 1 is 1.09 bits per heavy atom. The summed E-state index contributed by atoms with van der Waals surface area (Å²) in [6.45, 7) is 3.92. The zero-order valence-electron chi connectivity index (χ0n) is 18.2. The van der Waals surface area contributed by atoms with Gasteiger partial charge in [0.2, 0.25) is 0 Å². The van der Waals surface area contributed by atoms with Crippen LogP contribution in [0.1, 0.15) is 5.76 Å². The van der Waals surface area contributed by atoms with Crippen molar-refractivity contribution < 1.29 is 18.7 Å². The van der Waals surface area contributed by atoms with Crippen molar-refractivity contribution in [1.29, 1.82) is 0 Å². The number of carbonyl (C=O) groups is 1. The highest BCUT2D eigenvalue weighted by Gasteiger charge is 2.27. The standard InChI is InChI=1S/C24H22ClN3O5.ClH/c25-16-5-7-17(8-6-16)28-24(30)22-20(33-19-4-2-1-3-18(19)23(22)26-28)15-21(29)32-14-11-27-9-12-31-13-10-27;/h1-8H,9-15H2;1H. The second-order valence-electron chi connectivity index (χ2n) is 7.79. The van der Waals surface area contributed by atoms with Crippen LogP contribution in [0, 0.1) is 0 Å². The van der Waals surface area contributed by atoms with E-state index < -0.39 is 5.97 Å². The van der Waals surface area contributed by atoms with Gasteiger partial charge in [0, 0.05) is 30.0 Å². The van der Waals surface area contributed by atoms with E-state index in [0.717, 1.165) is 13.1 Å².